The molecule has 2 aromatic carbocycles. The Labute approximate surface area is 151 Å². The van der Waals surface area contributed by atoms with Gasteiger partial charge in [0.15, 0.2) is 5.76 Å². The molecular formula is C17H11ClF2N2O2S. The molecule has 1 heterocycles. The van der Waals surface area contributed by atoms with E-state index in [0.717, 1.165) is 29.5 Å². The quantitative estimate of drug-likeness (QED) is 0.632. The molecule has 0 aliphatic heterocycles. The van der Waals surface area contributed by atoms with Crippen LogP contribution in [0.2, 0.25) is 5.02 Å². The van der Waals surface area contributed by atoms with Gasteiger partial charge in [-0.3, -0.25) is 4.79 Å². The molecule has 0 unspecified atom stereocenters. The zero-order valence-corrected chi connectivity index (χ0v) is 14.2. The highest BCUT2D eigenvalue weighted by atomic mass is 35.5. The second-order valence-corrected chi connectivity index (χ2v) is 6.32. The number of hydrogen-bond acceptors (Lipinski definition) is 4. The number of rotatable bonds is 5. The summed E-state index contributed by atoms with van der Waals surface area (Å²) in [5, 5.41) is 3.23. The number of anilines is 1. The minimum Gasteiger partial charge on any atom is -0.431 e. The van der Waals surface area contributed by atoms with E-state index in [-0.39, 0.29) is 11.4 Å². The predicted molar refractivity (Wildman–Crippen MR) is 92.7 cm³/mol. The smallest absolute Gasteiger partial charge is 0.256 e. The highest BCUT2D eigenvalue weighted by Gasteiger charge is 2.12. The second-order valence-electron chi connectivity index (χ2n) is 4.96. The van der Waals surface area contributed by atoms with E-state index < -0.39 is 17.5 Å². The zero-order chi connectivity index (χ0) is 17.8. The van der Waals surface area contributed by atoms with Crippen molar-refractivity contribution in [3.63, 3.8) is 0 Å². The van der Waals surface area contributed by atoms with E-state index in [1.165, 1.54) is 6.20 Å². The molecule has 0 spiro atoms. The average molecular weight is 381 g/mol. The number of nitrogens with zero attached hydrogens (tertiary/aromatic N) is 1. The van der Waals surface area contributed by atoms with E-state index in [2.05, 4.69) is 10.3 Å². The number of oxazole rings is 1. The maximum absolute atomic E-state index is 13.5. The van der Waals surface area contributed by atoms with Gasteiger partial charge in [-0.1, -0.05) is 35.5 Å². The fourth-order valence-corrected chi connectivity index (χ4v) is 2.80. The van der Waals surface area contributed by atoms with Crippen LogP contribution in [0.15, 0.2) is 58.3 Å². The van der Waals surface area contributed by atoms with Gasteiger partial charge in [-0.25, -0.2) is 13.8 Å². The van der Waals surface area contributed by atoms with Gasteiger partial charge in [-0.05, 0) is 24.3 Å². The monoisotopic (exact) mass is 380 g/mol. The van der Waals surface area contributed by atoms with Gasteiger partial charge in [-0.2, -0.15) is 0 Å². The zero-order valence-electron chi connectivity index (χ0n) is 12.6. The first-order valence-corrected chi connectivity index (χ1v) is 8.47. The lowest BCUT2D eigenvalue weighted by molar-refractivity contribution is -0.113. The normalized spacial score (nSPS) is 10.7. The number of benzene rings is 2. The number of aromatic nitrogens is 1. The largest absolute Gasteiger partial charge is 0.431 e. The first-order chi connectivity index (χ1) is 12.0. The SMILES string of the molecule is O=C(CSc1ncc(-c2cccc(Cl)c2)o1)Nc1ccc(F)cc1F. The van der Waals surface area contributed by atoms with Crippen molar-refractivity contribution in [3.05, 3.63) is 65.3 Å². The van der Waals surface area contributed by atoms with E-state index in [0.29, 0.717) is 22.1 Å². The first-order valence-electron chi connectivity index (χ1n) is 7.11. The predicted octanol–water partition coefficient (Wildman–Crippen LogP) is 5.00. The van der Waals surface area contributed by atoms with Crippen molar-refractivity contribution in [1.82, 2.24) is 4.98 Å². The average Bonchev–Trinajstić information content (AvgIpc) is 3.05. The molecule has 0 atom stereocenters. The van der Waals surface area contributed by atoms with Crippen LogP contribution < -0.4 is 5.32 Å². The van der Waals surface area contributed by atoms with E-state index in [4.69, 9.17) is 16.0 Å². The van der Waals surface area contributed by atoms with Crippen molar-refractivity contribution >= 4 is 35.0 Å². The lowest BCUT2D eigenvalue weighted by Gasteiger charge is -2.05. The Balaban J connectivity index is 1.59. The summed E-state index contributed by atoms with van der Waals surface area (Å²) in [5.41, 5.74) is 0.684. The van der Waals surface area contributed by atoms with Crippen molar-refractivity contribution in [3.8, 4) is 11.3 Å². The molecule has 0 fully saturated rings. The minimum absolute atomic E-state index is 0.0354. The van der Waals surface area contributed by atoms with Gasteiger partial charge >= 0.3 is 0 Å². The minimum atomic E-state index is -0.835. The van der Waals surface area contributed by atoms with Crippen LogP contribution in [0.3, 0.4) is 0 Å². The Morgan fingerprint density at radius 3 is 2.84 bits per heavy atom. The van der Waals surface area contributed by atoms with Crippen LogP contribution in [-0.4, -0.2) is 16.6 Å². The molecule has 0 saturated heterocycles. The molecule has 4 nitrogen and oxygen atoms in total. The number of hydrogen-bond donors (Lipinski definition) is 1. The van der Waals surface area contributed by atoms with Crippen molar-refractivity contribution in [2.45, 2.75) is 5.22 Å². The molecule has 128 valence electrons. The summed E-state index contributed by atoms with van der Waals surface area (Å²) in [6.45, 7) is 0. The number of halogens is 3. The summed E-state index contributed by atoms with van der Waals surface area (Å²) in [5.74, 6) is -1.52. The molecule has 0 radical (unpaired) electrons. The summed E-state index contributed by atoms with van der Waals surface area (Å²) in [6, 6.07) is 10.0. The van der Waals surface area contributed by atoms with Crippen LogP contribution in [0, 0.1) is 11.6 Å². The van der Waals surface area contributed by atoms with Gasteiger partial charge in [0.25, 0.3) is 5.22 Å². The number of carbonyl (C=O) groups excluding carboxylic acids is 1. The van der Waals surface area contributed by atoms with Gasteiger partial charge in [0.1, 0.15) is 11.6 Å². The molecule has 25 heavy (non-hydrogen) atoms. The standard InChI is InChI=1S/C17H11ClF2N2O2S/c18-11-3-1-2-10(6-11)15-8-21-17(24-15)25-9-16(23)22-14-5-4-12(19)7-13(14)20/h1-8H,9H2,(H,22,23). The molecule has 0 aliphatic carbocycles. The third-order valence-corrected chi connectivity index (χ3v) is 4.20. The van der Waals surface area contributed by atoms with Gasteiger partial charge < -0.3 is 9.73 Å². The van der Waals surface area contributed by atoms with Crippen LogP contribution in [0.4, 0.5) is 14.5 Å². The topological polar surface area (TPSA) is 55.1 Å². The third kappa shape index (κ3) is 4.58. The van der Waals surface area contributed by atoms with E-state index in [1.54, 1.807) is 18.2 Å². The van der Waals surface area contributed by atoms with Crippen LogP contribution in [-0.2, 0) is 4.79 Å². The summed E-state index contributed by atoms with van der Waals surface area (Å²) in [4.78, 5) is 15.9. The van der Waals surface area contributed by atoms with Crippen molar-refractivity contribution in [2.75, 3.05) is 11.1 Å². The molecular weight excluding hydrogens is 370 g/mol. The maximum atomic E-state index is 13.5. The van der Waals surface area contributed by atoms with Crippen LogP contribution >= 0.6 is 23.4 Å². The lowest BCUT2D eigenvalue weighted by atomic mass is 10.2. The molecule has 1 amide bonds. The second kappa shape index (κ2) is 7.67. The summed E-state index contributed by atoms with van der Waals surface area (Å²) in [7, 11) is 0. The molecule has 8 heteroatoms. The Morgan fingerprint density at radius 2 is 2.08 bits per heavy atom. The maximum Gasteiger partial charge on any atom is 0.256 e. The summed E-state index contributed by atoms with van der Waals surface area (Å²) in [6.07, 6.45) is 1.53. The molecule has 0 bridgehead atoms. The van der Waals surface area contributed by atoms with E-state index in [9.17, 15) is 13.6 Å². The van der Waals surface area contributed by atoms with E-state index >= 15 is 0 Å². The van der Waals surface area contributed by atoms with Crippen molar-refractivity contribution < 1.29 is 18.0 Å². The first kappa shape index (κ1) is 17.4. The fourth-order valence-electron chi connectivity index (χ4n) is 2.00. The summed E-state index contributed by atoms with van der Waals surface area (Å²) >= 11 is 6.99. The Kier molecular flexibility index (Phi) is 5.35. The van der Waals surface area contributed by atoms with E-state index in [1.807, 2.05) is 6.07 Å². The highest BCUT2D eigenvalue weighted by Crippen LogP contribution is 2.27. The van der Waals surface area contributed by atoms with Crippen LogP contribution in [0.1, 0.15) is 0 Å². The van der Waals surface area contributed by atoms with Crippen LogP contribution in [0.25, 0.3) is 11.3 Å². The Bertz CT molecular complexity index is 917. The fraction of sp³-hybridized carbons (Fsp3) is 0.0588. The van der Waals surface area contributed by atoms with Gasteiger partial charge in [0.2, 0.25) is 5.91 Å². The van der Waals surface area contributed by atoms with Crippen molar-refractivity contribution in [2.24, 2.45) is 0 Å². The molecule has 3 rings (SSSR count). The molecule has 0 aliphatic rings. The molecule has 3 aromatic rings. The summed E-state index contributed by atoms with van der Waals surface area (Å²) < 4.78 is 31.9. The van der Waals surface area contributed by atoms with Gasteiger partial charge in [-0.15, -0.1) is 0 Å². The Hall–Kier alpha value is -2.38. The highest BCUT2D eigenvalue weighted by molar-refractivity contribution is 7.99. The Morgan fingerprint density at radius 1 is 1.24 bits per heavy atom. The number of nitrogens with one attached hydrogen (secondary N) is 1. The lowest BCUT2D eigenvalue weighted by Crippen LogP contribution is -2.15. The number of amides is 1. The third-order valence-electron chi connectivity index (χ3n) is 3.13. The van der Waals surface area contributed by atoms with Gasteiger partial charge in [0, 0.05) is 16.7 Å². The van der Waals surface area contributed by atoms with Crippen molar-refractivity contribution in [1.29, 1.82) is 0 Å². The van der Waals surface area contributed by atoms with Gasteiger partial charge in [0.05, 0.1) is 17.6 Å². The molecule has 1 aromatic heterocycles. The van der Waals surface area contributed by atoms with Crippen LogP contribution in [0.5, 0.6) is 0 Å². The number of thioether (sulfide) groups is 1. The molecule has 0 saturated carbocycles. The molecule has 1 N–H and O–H groups in total. The number of carbonyl (C=O) groups is 1.